The smallest absolute Gasteiger partial charge is 0.370 e. The van der Waals surface area contributed by atoms with Crippen LogP contribution >= 0.6 is 0 Å². The number of aryl methyl sites for hydroxylation is 1. The fourth-order valence-electron chi connectivity index (χ4n) is 2.20. The predicted molar refractivity (Wildman–Crippen MR) is 85.3 cm³/mol. The van der Waals surface area contributed by atoms with Gasteiger partial charge in [-0.15, -0.1) is 0 Å². The van der Waals surface area contributed by atoms with Gasteiger partial charge in [0.2, 0.25) is 0 Å². The maximum absolute atomic E-state index is 5.91. The molecule has 0 bridgehead atoms. The van der Waals surface area contributed by atoms with E-state index in [1.54, 1.807) is 0 Å². The molecule has 0 saturated carbocycles. The molecule has 0 fully saturated rings. The second kappa shape index (κ2) is 9.29. The van der Waals surface area contributed by atoms with Crippen LogP contribution in [0.2, 0.25) is 0 Å². The molecule has 0 N–H and O–H groups in total. The fourth-order valence-corrected chi connectivity index (χ4v) is 4.67. The molecular weight excluding hydrogens is 268 g/mol. The first-order valence-electron chi connectivity index (χ1n) is 7.73. The van der Waals surface area contributed by atoms with Crippen LogP contribution in [0.15, 0.2) is 24.3 Å². The molecule has 0 unspecified atom stereocenters. The largest absolute Gasteiger partial charge is 0.537 e. The predicted octanol–water partition coefficient (Wildman–Crippen LogP) is 3.28. The lowest BCUT2D eigenvalue weighted by Gasteiger charge is -2.28. The number of unbranched alkanes of at least 4 members (excludes halogenated alkanes) is 1. The molecule has 0 amide bonds. The molecule has 0 heterocycles. The molecule has 0 atom stereocenters. The molecule has 114 valence electrons. The first kappa shape index (κ1) is 17.4. The van der Waals surface area contributed by atoms with Gasteiger partial charge in [-0.25, -0.2) is 0 Å². The van der Waals surface area contributed by atoms with Gasteiger partial charge in [0.05, 0.1) is 0 Å². The third kappa shape index (κ3) is 4.70. The van der Waals surface area contributed by atoms with Gasteiger partial charge in [-0.3, -0.25) is 0 Å². The normalized spacial score (nSPS) is 11.8. The zero-order valence-electron chi connectivity index (χ0n) is 13.3. The van der Waals surface area contributed by atoms with E-state index in [1.807, 2.05) is 20.8 Å². The van der Waals surface area contributed by atoms with E-state index in [-0.39, 0.29) is 0 Å². The summed E-state index contributed by atoms with van der Waals surface area (Å²) in [6.45, 7) is 9.96. The molecule has 3 nitrogen and oxygen atoms in total. The van der Waals surface area contributed by atoms with Gasteiger partial charge in [0.15, 0.2) is 0 Å². The van der Waals surface area contributed by atoms with Crippen molar-refractivity contribution in [3.63, 3.8) is 0 Å². The van der Waals surface area contributed by atoms with Crippen LogP contribution < -0.4 is 5.19 Å². The van der Waals surface area contributed by atoms with E-state index in [0.29, 0.717) is 19.8 Å². The third-order valence-corrected chi connectivity index (χ3v) is 6.18. The van der Waals surface area contributed by atoms with Crippen LogP contribution in [0.3, 0.4) is 0 Å². The standard InChI is InChI=1S/C16H28O3Si/c1-5-9-10-15-11-13-16(14-12-15)20(17-6-2,18-7-3)19-8-4/h11-14H,5-10H2,1-4H3. The molecule has 0 saturated heterocycles. The second-order valence-corrected chi connectivity index (χ2v) is 7.21. The van der Waals surface area contributed by atoms with Crippen LogP contribution in [-0.2, 0) is 19.7 Å². The van der Waals surface area contributed by atoms with E-state index in [2.05, 4.69) is 31.2 Å². The van der Waals surface area contributed by atoms with Crippen molar-refractivity contribution in [3.8, 4) is 0 Å². The molecule has 0 aliphatic carbocycles. The average molecular weight is 296 g/mol. The van der Waals surface area contributed by atoms with Crippen molar-refractivity contribution in [3.05, 3.63) is 29.8 Å². The van der Waals surface area contributed by atoms with Gasteiger partial charge < -0.3 is 13.3 Å². The summed E-state index contributed by atoms with van der Waals surface area (Å²) in [6, 6.07) is 8.56. The van der Waals surface area contributed by atoms with E-state index in [1.165, 1.54) is 18.4 Å². The quantitative estimate of drug-likeness (QED) is 0.620. The zero-order chi connectivity index (χ0) is 14.8. The number of hydrogen-bond donors (Lipinski definition) is 0. The van der Waals surface area contributed by atoms with Crippen molar-refractivity contribution in [1.82, 2.24) is 0 Å². The van der Waals surface area contributed by atoms with E-state index in [4.69, 9.17) is 13.3 Å². The Morgan fingerprint density at radius 2 is 1.30 bits per heavy atom. The molecule has 0 radical (unpaired) electrons. The zero-order valence-corrected chi connectivity index (χ0v) is 14.3. The fraction of sp³-hybridized carbons (Fsp3) is 0.625. The Balaban J connectivity index is 2.94. The highest BCUT2D eigenvalue weighted by Crippen LogP contribution is 2.12. The Morgan fingerprint density at radius 3 is 1.70 bits per heavy atom. The van der Waals surface area contributed by atoms with Crippen molar-refractivity contribution >= 4 is 14.0 Å². The maximum Gasteiger partial charge on any atom is 0.537 e. The van der Waals surface area contributed by atoms with Crippen molar-refractivity contribution in [1.29, 1.82) is 0 Å². The number of benzene rings is 1. The average Bonchev–Trinajstić information content (AvgIpc) is 2.46. The summed E-state index contributed by atoms with van der Waals surface area (Å²) in [5.74, 6) is 0. The molecule has 1 aromatic rings. The Labute approximate surface area is 124 Å². The molecule has 20 heavy (non-hydrogen) atoms. The monoisotopic (exact) mass is 296 g/mol. The highest BCUT2D eigenvalue weighted by Gasteiger charge is 2.42. The van der Waals surface area contributed by atoms with Crippen LogP contribution in [-0.4, -0.2) is 28.6 Å². The molecule has 0 aromatic heterocycles. The van der Waals surface area contributed by atoms with Crippen LogP contribution in [0.5, 0.6) is 0 Å². The Bertz CT molecular complexity index is 347. The Morgan fingerprint density at radius 1 is 0.800 bits per heavy atom. The summed E-state index contributed by atoms with van der Waals surface area (Å²) < 4.78 is 17.7. The maximum atomic E-state index is 5.91. The minimum Gasteiger partial charge on any atom is -0.370 e. The highest BCUT2D eigenvalue weighted by atomic mass is 28.4. The summed E-state index contributed by atoms with van der Waals surface area (Å²) in [7, 11) is -2.73. The highest BCUT2D eigenvalue weighted by molar-refractivity contribution is 6.75. The topological polar surface area (TPSA) is 27.7 Å². The summed E-state index contributed by atoms with van der Waals surface area (Å²) >= 11 is 0. The van der Waals surface area contributed by atoms with Crippen LogP contribution in [0.1, 0.15) is 46.1 Å². The first-order valence-corrected chi connectivity index (χ1v) is 9.46. The molecule has 0 aliphatic heterocycles. The summed E-state index contributed by atoms with van der Waals surface area (Å²) in [5, 5.41) is 1.06. The van der Waals surface area contributed by atoms with E-state index in [9.17, 15) is 0 Å². The van der Waals surface area contributed by atoms with Crippen molar-refractivity contribution in [2.45, 2.75) is 47.0 Å². The van der Waals surface area contributed by atoms with Crippen molar-refractivity contribution < 1.29 is 13.3 Å². The van der Waals surface area contributed by atoms with Gasteiger partial charge in [0.25, 0.3) is 0 Å². The van der Waals surface area contributed by atoms with Gasteiger partial charge >= 0.3 is 8.80 Å². The first-order chi connectivity index (χ1) is 9.72. The van der Waals surface area contributed by atoms with Gasteiger partial charge in [0.1, 0.15) is 0 Å². The van der Waals surface area contributed by atoms with Gasteiger partial charge in [-0.05, 0) is 39.2 Å². The lowest BCUT2D eigenvalue weighted by Crippen LogP contribution is -2.56. The molecular formula is C16H28O3Si. The Hall–Kier alpha value is -0.683. The van der Waals surface area contributed by atoms with Crippen LogP contribution in [0.4, 0.5) is 0 Å². The van der Waals surface area contributed by atoms with E-state index < -0.39 is 8.80 Å². The molecule has 0 spiro atoms. The minimum absolute atomic E-state index is 0.601. The van der Waals surface area contributed by atoms with Gasteiger partial charge in [-0.1, -0.05) is 37.6 Å². The SMILES string of the molecule is CCCCc1ccc([Si](OCC)(OCC)OCC)cc1. The second-order valence-electron chi connectivity index (χ2n) is 4.66. The molecule has 0 aliphatic rings. The Kier molecular flexibility index (Phi) is 8.07. The van der Waals surface area contributed by atoms with Crippen LogP contribution in [0.25, 0.3) is 0 Å². The molecule has 1 rings (SSSR count). The van der Waals surface area contributed by atoms with E-state index in [0.717, 1.165) is 11.6 Å². The molecule has 4 heteroatoms. The molecule has 1 aromatic carbocycles. The van der Waals surface area contributed by atoms with Crippen LogP contribution in [0, 0.1) is 0 Å². The lowest BCUT2D eigenvalue weighted by atomic mass is 10.1. The van der Waals surface area contributed by atoms with Gasteiger partial charge in [0, 0.05) is 25.0 Å². The summed E-state index contributed by atoms with van der Waals surface area (Å²) in [6.07, 6.45) is 3.57. The van der Waals surface area contributed by atoms with Crippen molar-refractivity contribution in [2.75, 3.05) is 19.8 Å². The third-order valence-electron chi connectivity index (χ3n) is 3.13. The minimum atomic E-state index is -2.73. The van der Waals surface area contributed by atoms with Crippen molar-refractivity contribution in [2.24, 2.45) is 0 Å². The lowest BCUT2D eigenvalue weighted by molar-refractivity contribution is 0.0859. The number of rotatable bonds is 10. The summed E-state index contributed by atoms with van der Waals surface area (Å²) in [5.41, 5.74) is 1.36. The summed E-state index contributed by atoms with van der Waals surface area (Å²) in [4.78, 5) is 0. The van der Waals surface area contributed by atoms with Gasteiger partial charge in [-0.2, -0.15) is 0 Å². The van der Waals surface area contributed by atoms with E-state index >= 15 is 0 Å². The number of hydrogen-bond acceptors (Lipinski definition) is 3.